The number of H-pyrrole nitrogens is 1. The second-order valence-corrected chi connectivity index (χ2v) is 4.65. The predicted octanol–water partition coefficient (Wildman–Crippen LogP) is 2.66. The molecule has 0 aliphatic rings. The number of halogens is 1. The van der Waals surface area contributed by atoms with E-state index >= 15 is 0 Å². The zero-order valence-corrected chi connectivity index (χ0v) is 10.9. The molecule has 1 amide bonds. The SMILES string of the molecule is CC(NC(=O)c1cn[nH]c1)c1ccc(Br)cc1. The maximum atomic E-state index is 11.8. The van der Waals surface area contributed by atoms with Crippen molar-refractivity contribution in [2.75, 3.05) is 0 Å². The average Bonchev–Trinajstić information content (AvgIpc) is 2.83. The molecule has 0 spiro atoms. The molecule has 0 saturated heterocycles. The highest BCUT2D eigenvalue weighted by molar-refractivity contribution is 9.10. The second kappa shape index (κ2) is 5.14. The summed E-state index contributed by atoms with van der Waals surface area (Å²) in [6.45, 7) is 1.95. The van der Waals surface area contributed by atoms with E-state index < -0.39 is 0 Å². The van der Waals surface area contributed by atoms with Crippen LogP contribution in [-0.2, 0) is 0 Å². The zero-order chi connectivity index (χ0) is 12.3. The van der Waals surface area contributed by atoms with Crippen molar-refractivity contribution >= 4 is 21.8 Å². The Labute approximate surface area is 108 Å². The second-order valence-electron chi connectivity index (χ2n) is 3.73. The van der Waals surface area contributed by atoms with Gasteiger partial charge >= 0.3 is 0 Å². The van der Waals surface area contributed by atoms with E-state index in [0.29, 0.717) is 5.56 Å². The van der Waals surface area contributed by atoms with Crippen LogP contribution in [0.4, 0.5) is 0 Å². The van der Waals surface area contributed by atoms with Crippen LogP contribution >= 0.6 is 15.9 Å². The number of amides is 1. The number of aromatic nitrogens is 2. The number of carbonyl (C=O) groups is 1. The molecule has 1 heterocycles. The zero-order valence-electron chi connectivity index (χ0n) is 9.27. The van der Waals surface area contributed by atoms with Crippen LogP contribution in [0.1, 0.15) is 28.9 Å². The summed E-state index contributed by atoms with van der Waals surface area (Å²) >= 11 is 3.38. The van der Waals surface area contributed by atoms with Gasteiger partial charge < -0.3 is 5.32 Å². The van der Waals surface area contributed by atoms with Gasteiger partial charge in [-0.2, -0.15) is 5.10 Å². The van der Waals surface area contributed by atoms with Crippen LogP contribution in [-0.4, -0.2) is 16.1 Å². The lowest BCUT2D eigenvalue weighted by atomic mass is 10.1. The number of nitrogens with zero attached hydrogens (tertiary/aromatic N) is 1. The minimum absolute atomic E-state index is 0.0366. The van der Waals surface area contributed by atoms with Gasteiger partial charge in [-0.05, 0) is 24.6 Å². The molecule has 0 saturated carbocycles. The van der Waals surface area contributed by atoms with Crippen LogP contribution in [0.25, 0.3) is 0 Å². The van der Waals surface area contributed by atoms with Crippen molar-refractivity contribution in [2.45, 2.75) is 13.0 Å². The maximum Gasteiger partial charge on any atom is 0.254 e. The third-order valence-electron chi connectivity index (χ3n) is 2.48. The highest BCUT2D eigenvalue weighted by atomic mass is 79.9. The van der Waals surface area contributed by atoms with Crippen LogP contribution in [0.15, 0.2) is 41.1 Å². The minimum Gasteiger partial charge on any atom is -0.345 e. The largest absolute Gasteiger partial charge is 0.345 e. The number of hydrogen-bond acceptors (Lipinski definition) is 2. The fraction of sp³-hybridized carbons (Fsp3) is 0.167. The summed E-state index contributed by atoms with van der Waals surface area (Å²) in [6.07, 6.45) is 3.08. The lowest BCUT2D eigenvalue weighted by molar-refractivity contribution is 0.0940. The van der Waals surface area contributed by atoms with Gasteiger partial charge in [-0.25, -0.2) is 0 Å². The summed E-state index contributed by atoms with van der Waals surface area (Å²) < 4.78 is 1.02. The van der Waals surface area contributed by atoms with Crippen LogP contribution < -0.4 is 5.32 Å². The number of rotatable bonds is 3. The van der Waals surface area contributed by atoms with Crippen molar-refractivity contribution in [3.63, 3.8) is 0 Å². The molecule has 0 aliphatic heterocycles. The molecule has 0 bridgehead atoms. The molecule has 88 valence electrons. The molecule has 1 unspecified atom stereocenters. The van der Waals surface area contributed by atoms with Gasteiger partial charge in [0, 0.05) is 10.7 Å². The first kappa shape index (κ1) is 11.9. The first-order chi connectivity index (χ1) is 8.16. The predicted molar refractivity (Wildman–Crippen MR) is 68.6 cm³/mol. The molecule has 2 rings (SSSR count). The van der Waals surface area contributed by atoms with Crippen molar-refractivity contribution in [3.8, 4) is 0 Å². The summed E-state index contributed by atoms with van der Waals surface area (Å²) in [5.41, 5.74) is 1.60. The van der Waals surface area contributed by atoms with Crippen molar-refractivity contribution < 1.29 is 4.79 Å². The minimum atomic E-state index is -0.130. The number of hydrogen-bond donors (Lipinski definition) is 2. The standard InChI is InChI=1S/C12H12BrN3O/c1-8(9-2-4-11(13)5-3-9)16-12(17)10-6-14-15-7-10/h2-8H,1H3,(H,14,15)(H,16,17). The Morgan fingerprint density at radius 2 is 2.12 bits per heavy atom. The summed E-state index contributed by atoms with van der Waals surface area (Å²) in [4.78, 5) is 11.8. The summed E-state index contributed by atoms with van der Waals surface area (Å²) in [5.74, 6) is -0.130. The first-order valence-corrected chi connectivity index (χ1v) is 6.01. The molecule has 5 heteroatoms. The average molecular weight is 294 g/mol. The fourth-order valence-electron chi connectivity index (χ4n) is 1.49. The van der Waals surface area contributed by atoms with Gasteiger partial charge in [-0.3, -0.25) is 9.89 Å². The lowest BCUT2D eigenvalue weighted by Crippen LogP contribution is -2.26. The monoisotopic (exact) mass is 293 g/mol. The highest BCUT2D eigenvalue weighted by Gasteiger charge is 2.11. The van der Waals surface area contributed by atoms with Gasteiger partial charge in [-0.1, -0.05) is 28.1 Å². The molecule has 2 aromatic rings. The van der Waals surface area contributed by atoms with E-state index in [1.54, 1.807) is 6.20 Å². The first-order valence-electron chi connectivity index (χ1n) is 5.22. The third-order valence-corrected chi connectivity index (χ3v) is 3.01. The van der Waals surface area contributed by atoms with Gasteiger partial charge in [-0.15, -0.1) is 0 Å². The van der Waals surface area contributed by atoms with Gasteiger partial charge in [0.2, 0.25) is 0 Å². The Morgan fingerprint density at radius 3 is 2.71 bits per heavy atom. The molecule has 2 N–H and O–H groups in total. The van der Waals surface area contributed by atoms with E-state index in [2.05, 4.69) is 31.4 Å². The topological polar surface area (TPSA) is 57.8 Å². The Bertz CT molecular complexity index is 493. The van der Waals surface area contributed by atoms with E-state index in [4.69, 9.17) is 0 Å². The van der Waals surface area contributed by atoms with Crippen molar-refractivity contribution in [3.05, 3.63) is 52.3 Å². The Kier molecular flexibility index (Phi) is 3.58. The smallest absolute Gasteiger partial charge is 0.254 e. The molecular formula is C12H12BrN3O. The van der Waals surface area contributed by atoms with E-state index in [9.17, 15) is 4.79 Å². The molecule has 0 aliphatic carbocycles. The highest BCUT2D eigenvalue weighted by Crippen LogP contribution is 2.16. The molecule has 4 nitrogen and oxygen atoms in total. The van der Waals surface area contributed by atoms with Crippen LogP contribution in [0.3, 0.4) is 0 Å². The molecule has 1 aromatic heterocycles. The van der Waals surface area contributed by atoms with Gasteiger partial charge in [0.1, 0.15) is 0 Å². The number of aromatic amines is 1. The summed E-state index contributed by atoms with van der Waals surface area (Å²) in [5, 5.41) is 9.26. The lowest BCUT2D eigenvalue weighted by Gasteiger charge is -2.13. The van der Waals surface area contributed by atoms with Crippen LogP contribution in [0.5, 0.6) is 0 Å². The number of nitrogens with one attached hydrogen (secondary N) is 2. The van der Waals surface area contributed by atoms with E-state index in [-0.39, 0.29) is 11.9 Å². The fourth-order valence-corrected chi connectivity index (χ4v) is 1.75. The van der Waals surface area contributed by atoms with Gasteiger partial charge in [0.15, 0.2) is 0 Å². The third kappa shape index (κ3) is 2.94. The Hall–Kier alpha value is -1.62. The van der Waals surface area contributed by atoms with Crippen molar-refractivity contribution in [2.24, 2.45) is 0 Å². The molecule has 1 atom stereocenters. The van der Waals surface area contributed by atoms with E-state index in [0.717, 1.165) is 10.0 Å². The Morgan fingerprint density at radius 1 is 1.41 bits per heavy atom. The summed E-state index contributed by atoms with van der Waals surface area (Å²) in [7, 11) is 0. The van der Waals surface area contributed by atoms with Crippen molar-refractivity contribution in [1.82, 2.24) is 15.5 Å². The molecular weight excluding hydrogens is 282 g/mol. The van der Waals surface area contributed by atoms with Crippen molar-refractivity contribution in [1.29, 1.82) is 0 Å². The van der Waals surface area contributed by atoms with E-state index in [1.165, 1.54) is 6.20 Å². The van der Waals surface area contributed by atoms with Crippen LogP contribution in [0.2, 0.25) is 0 Å². The molecule has 1 aromatic carbocycles. The van der Waals surface area contributed by atoms with Gasteiger partial charge in [0.25, 0.3) is 5.91 Å². The molecule has 17 heavy (non-hydrogen) atoms. The summed E-state index contributed by atoms with van der Waals surface area (Å²) in [6, 6.07) is 7.83. The quantitative estimate of drug-likeness (QED) is 0.914. The Balaban J connectivity index is 2.04. The van der Waals surface area contributed by atoms with E-state index in [1.807, 2.05) is 31.2 Å². The molecule has 0 radical (unpaired) electrons. The van der Waals surface area contributed by atoms with Crippen LogP contribution in [0, 0.1) is 0 Å². The normalized spacial score (nSPS) is 12.1. The van der Waals surface area contributed by atoms with Gasteiger partial charge in [0.05, 0.1) is 17.8 Å². The maximum absolute atomic E-state index is 11.8. The number of carbonyl (C=O) groups excluding carboxylic acids is 1. The number of benzene rings is 1. The molecule has 0 fully saturated rings.